The zero-order valence-electron chi connectivity index (χ0n) is 9.03. The molecule has 5 nitrogen and oxygen atoms in total. The number of ether oxygens (including phenoxy) is 1. The average molecular weight is 255 g/mol. The minimum absolute atomic E-state index is 0.456. The van der Waals surface area contributed by atoms with Gasteiger partial charge >= 0.3 is 5.97 Å². The summed E-state index contributed by atoms with van der Waals surface area (Å²) in [6.45, 7) is 0. The second-order valence-corrected chi connectivity index (χ2v) is 4.00. The molecule has 0 saturated carbocycles. The molecule has 1 aromatic heterocycles. The first-order valence-corrected chi connectivity index (χ1v) is 5.25. The number of benzene rings is 1. The molecule has 1 unspecified atom stereocenters. The Hall–Kier alpha value is -1.72. The molecule has 0 spiro atoms. The SMILES string of the molecule is COc1cc2c(C(N)C(=O)O)c[nH]c2cc1Cl. The van der Waals surface area contributed by atoms with Gasteiger partial charge in [0.05, 0.1) is 12.1 Å². The first-order chi connectivity index (χ1) is 8.04. The topological polar surface area (TPSA) is 88.3 Å². The molecular weight excluding hydrogens is 244 g/mol. The lowest BCUT2D eigenvalue weighted by molar-refractivity contribution is -0.138. The molecule has 0 aliphatic rings. The number of H-pyrrole nitrogens is 1. The van der Waals surface area contributed by atoms with Crippen LogP contribution in [-0.4, -0.2) is 23.2 Å². The molecule has 2 aromatic rings. The number of hydrogen-bond donors (Lipinski definition) is 3. The van der Waals surface area contributed by atoms with Crippen LogP contribution in [0.4, 0.5) is 0 Å². The van der Waals surface area contributed by atoms with Crippen molar-refractivity contribution in [3.63, 3.8) is 0 Å². The number of carbonyl (C=O) groups is 1. The van der Waals surface area contributed by atoms with Crippen molar-refractivity contribution in [2.75, 3.05) is 7.11 Å². The van der Waals surface area contributed by atoms with E-state index in [9.17, 15) is 4.79 Å². The van der Waals surface area contributed by atoms with Gasteiger partial charge in [-0.2, -0.15) is 0 Å². The number of aliphatic carboxylic acids is 1. The fourth-order valence-electron chi connectivity index (χ4n) is 1.69. The highest BCUT2D eigenvalue weighted by molar-refractivity contribution is 6.32. The molecule has 17 heavy (non-hydrogen) atoms. The number of rotatable bonds is 3. The molecule has 1 atom stereocenters. The van der Waals surface area contributed by atoms with E-state index in [1.54, 1.807) is 18.3 Å². The van der Waals surface area contributed by atoms with Crippen LogP contribution < -0.4 is 10.5 Å². The van der Waals surface area contributed by atoms with Crippen molar-refractivity contribution in [2.24, 2.45) is 5.73 Å². The Morgan fingerprint density at radius 2 is 2.29 bits per heavy atom. The summed E-state index contributed by atoms with van der Waals surface area (Å²) in [4.78, 5) is 13.8. The van der Waals surface area contributed by atoms with Crippen molar-refractivity contribution in [1.82, 2.24) is 4.98 Å². The number of halogens is 1. The summed E-state index contributed by atoms with van der Waals surface area (Å²) >= 11 is 5.96. The highest BCUT2D eigenvalue weighted by Crippen LogP contribution is 2.32. The summed E-state index contributed by atoms with van der Waals surface area (Å²) in [7, 11) is 1.50. The van der Waals surface area contributed by atoms with E-state index in [2.05, 4.69) is 4.98 Å². The minimum Gasteiger partial charge on any atom is -0.495 e. The van der Waals surface area contributed by atoms with E-state index in [1.807, 2.05) is 0 Å². The maximum absolute atomic E-state index is 10.9. The normalized spacial score (nSPS) is 12.6. The minimum atomic E-state index is -1.08. The zero-order chi connectivity index (χ0) is 12.6. The quantitative estimate of drug-likeness (QED) is 0.781. The maximum Gasteiger partial charge on any atom is 0.325 e. The third-order valence-electron chi connectivity index (χ3n) is 2.59. The molecule has 90 valence electrons. The Morgan fingerprint density at radius 3 is 2.88 bits per heavy atom. The Balaban J connectivity index is 2.63. The molecule has 6 heteroatoms. The van der Waals surface area contributed by atoms with Crippen LogP contribution in [0.2, 0.25) is 5.02 Å². The molecule has 0 saturated heterocycles. The van der Waals surface area contributed by atoms with E-state index in [0.29, 0.717) is 21.7 Å². The number of hydrogen-bond acceptors (Lipinski definition) is 3. The lowest BCUT2D eigenvalue weighted by Crippen LogP contribution is -2.20. The van der Waals surface area contributed by atoms with Crippen molar-refractivity contribution in [3.8, 4) is 5.75 Å². The van der Waals surface area contributed by atoms with Crippen LogP contribution in [0.25, 0.3) is 10.9 Å². The van der Waals surface area contributed by atoms with E-state index in [1.165, 1.54) is 7.11 Å². The van der Waals surface area contributed by atoms with E-state index < -0.39 is 12.0 Å². The van der Waals surface area contributed by atoms with Crippen molar-refractivity contribution < 1.29 is 14.6 Å². The average Bonchev–Trinajstić information content (AvgIpc) is 2.69. The van der Waals surface area contributed by atoms with Gasteiger partial charge in [0.25, 0.3) is 0 Å². The van der Waals surface area contributed by atoms with Crippen LogP contribution in [0.5, 0.6) is 5.75 Å². The maximum atomic E-state index is 10.9. The monoisotopic (exact) mass is 254 g/mol. The number of nitrogens with two attached hydrogens (primary N) is 1. The fourth-order valence-corrected chi connectivity index (χ4v) is 1.93. The second kappa shape index (κ2) is 4.27. The Bertz CT molecular complexity index is 579. The first kappa shape index (κ1) is 11.8. The van der Waals surface area contributed by atoms with Gasteiger partial charge < -0.3 is 20.6 Å². The lowest BCUT2D eigenvalue weighted by atomic mass is 10.1. The van der Waals surface area contributed by atoms with Crippen LogP contribution in [0.1, 0.15) is 11.6 Å². The van der Waals surface area contributed by atoms with Gasteiger partial charge in [-0.15, -0.1) is 0 Å². The third kappa shape index (κ3) is 1.94. The summed E-state index contributed by atoms with van der Waals surface area (Å²) in [5.41, 5.74) is 6.81. The molecular formula is C11H11ClN2O3. The predicted molar refractivity (Wildman–Crippen MR) is 64.4 cm³/mol. The number of carboxylic acid groups (broad SMARTS) is 1. The molecule has 0 fully saturated rings. The van der Waals surface area contributed by atoms with Crippen molar-refractivity contribution in [2.45, 2.75) is 6.04 Å². The van der Waals surface area contributed by atoms with Gasteiger partial charge in [-0.3, -0.25) is 4.79 Å². The molecule has 0 aliphatic heterocycles. The number of aromatic nitrogens is 1. The molecule has 0 aliphatic carbocycles. The van der Waals surface area contributed by atoms with Crippen molar-refractivity contribution >= 4 is 28.5 Å². The van der Waals surface area contributed by atoms with Crippen LogP contribution in [0.3, 0.4) is 0 Å². The molecule has 1 aromatic carbocycles. The molecule has 1 heterocycles. The highest BCUT2D eigenvalue weighted by atomic mass is 35.5. The lowest BCUT2D eigenvalue weighted by Gasteiger charge is -2.06. The van der Waals surface area contributed by atoms with Crippen LogP contribution >= 0.6 is 11.6 Å². The van der Waals surface area contributed by atoms with E-state index in [4.69, 9.17) is 27.2 Å². The van der Waals surface area contributed by atoms with Gasteiger partial charge in [0.1, 0.15) is 11.8 Å². The molecule has 0 amide bonds. The van der Waals surface area contributed by atoms with Gasteiger partial charge in [-0.05, 0) is 12.1 Å². The number of fused-ring (bicyclic) bond motifs is 1. The number of nitrogens with one attached hydrogen (secondary N) is 1. The van der Waals surface area contributed by atoms with E-state index >= 15 is 0 Å². The van der Waals surface area contributed by atoms with Crippen LogP contribution in [-0.2, 0) is 4.79 Å². The fraction of sp³-hybridized carbons (Fsp3) is 0.182. The standard InChI is InChI=1S/C11H11ClN2O3/c1-17-9-2-5-6(10(13)11(15)16)4-14-8(5)3-7(9)12/h2-4,10,14H,13H2,1H3,(H,15,16). The summed E-state index contributed by atoms with van der Waals surface area (Å²) in [5, 5.41) is 10.0. The molecule has 0 radical (unpaired) electrons. The van der Waals surface area contributed by atoms with Gasteiger partial charge in [0.2, 0.25) is 0 Å². The Kier molecular flexibility index (Phi) is 2.95. The largest absolute Gasteiger partial charge is 0.495 e. The molecule has 4 N–H and O–H groups in total. The van der Waals surface area contributed by atoms with Crippen LogP contribution in [0, 0.1) is 0 Å². The summed E-state index contributed by atoms with van der Waals surface area (Å²) < 4.78 is 5.08. The second-order valence-electron chi connectivity index (χ2n) is 3.59. The van der Waals surface area contributed by atoms with Gasteiger partial charge in [-0.1, -0.05) is 11.6 Å². The summed E-state index contributed by atoms with van der Waals surface area (Å²) in [6.07, 6.45) is 1.57. The number of methoxy groups -OCH3 is 1. The van der Waals surface area contributed by atoms with Gasteiger partial charge in [-0.25, -0.2) is 0 Å². The van der Waals surface area contributed by atoms with Crippen LogP contribution in [0.15, 0.2) is 18.3 Å². The van der Waals surface area contributed by atoms with Gasteiger partial charge in [0.15, 0.2) is 0 Å². The summed E-state index contributed by atoms with van der Waals surface area (Å²) in [5.74, 6) is -0.600. The highest BCUT2D eigenvalue weighted by Gasteiger charge is 2.19. The van der Waals surface area contributed by atoms with Crippen molar-refractivity contribution in [1.29, 1.82) is 0 Å². The number of carboxylic acids is 1. The summed E-state index contributed by atoms with van der Waals surface area (Å²) in [6, 6.07) is 2.27. The smallest absolute Gasteiger partial charge is 0.325 e. The van der Waals surface area contributed by atoms with Gasteiger partial charge in [0, 0.05) is 22.7 Å². The molecule has 2 rings (SSSR count). The zero-order valence-corrected chi connectivity index (χ0v) is 9.78. The Morgan fingerprint density at radius 1 is 1.59 bits per heavy atom. The predicted octanol–water partition coefficient (Wildman–Crippen LogP) is 1.91. The number of aromatic amines is 1. The third-order valence-corrected chi connectivity index (χ3v) is 2.88. The first-order valence-electron chi connectivity index (χ1n) is 4.87. The molecule has 0 bridgehead atoms. The van der Waals surface area contributed by atoms with E-state index in [0.717, 1.165) is 5.52 Å². The van der Waals surface area contributed by atoms with Crippen molar-refractivity contribution in [3.05, 3.63) is 28.9 Å². The van der Waals surface area contributed by atoms with E-state index in [-0.39, 0.29) is 0 Å². The Labute approximate surface area is 102 Å².